The standard InChI is InChI=1S/C17H20BrFN2O3/c1-10-20-17(13-6-11(18)4-5-15(13)19)9-24-12(8-23-3)7-14(17)16(22)21(10)2/h4-6,12,14,20H,1,7-9H2,2-3H3/t12-,14+,17-/m1/s1. The number of nitrogens with one attached hydrogen (secondary N) is 1. The Kier molecular flexibility index (Phi) is 4.68. The first-order chi connectivity index (χ1) is 11.4. The van der Waals surface area contributed by atoms with Crippen LogP contribution in [0.4, 0.5) is 4.39 Å². The number of hydrogen-bond donors (Lipinski definition) is 1. The van der Waals surface area contributed by atoms with Crippen LogP contribution in [0.25, 0.3) is 0 Å². The largest absolute Gasteiger partial charge is 0.382 e. The van der Waals surface area contributed by atoms with Crippen LogP contribution in [0.5, 0.6) is 0 Å². The van der Waals surface area contributed by atoms with Gasteiger partial charge in [0.1, 0.15) is 17.2 Å². The summed E-state index contributed by atoms with van der Waals surface area (Å²) in [7, 11) is 3.26. The molecule has 1 aromatic carbocycles. The van der Waals surface area contributed by atoms with E-state index >= 15 is 0 Å². The van der Waals surface area contributed by atoms with Crippen molar-refractivity contribution in [2.24, 2.45) is 5.92 Å². The molecule has 3 rings (SSSR count). The zero-order valence-electron chi connectivity index (χ0n) is 13.6. The number of amides is 1. The van der Waals surface area contributed by atoms with Gasteiger partial charge in [-0.15, -0.1) is 0 Å². The molecule has 5 nitrogen and oxygen atoms in total. The van der Waals surface area contributed by atoms with Crippen LogP contribution in [0.1, 0.15) is 12.0 Å². The van der Waals surface area contributed by atoms with Gasteiger partial charge in [-0.2, -0.15) is 0 Å². The topological polar surface area (TPSA) is 50.8 Å². The zero-order chi connectivity index (χ0) is 17.5. The van der Waals surface area contributed by atoms with Crippen LogP contribution in [-0.2, 0) is 19.8 Å². The maximum Gasteiger partial charge on any atom is 0.233 e. The van der Waals surface area contributed by atoms with Gasteiger partial charge in [0.15, 0.2) is 0 Å². The summed E-state index contributed by atoms with van der Waals surface area (Å²) in [6.07, 6.45) is 0.248. The second-order valence-electron chi connectivity index (χ2n) is 6.24. The fraction of sp³-hybridized carbons (Fsp3) is 0.471. The van der Waals surface area contributed by atoms with Crippen molar-refractivity contribution >= 4 is 21.8 Å². The normalized spacial score (nSPS) is 30.1. The number of carbonyl (C=O) groups is 1. The monoisotopic (exact) mass is 398 g/mol. The number of nitrogens with zero attached hydrogens (tertiary/aromatic N) is 1. The molecule has 2 saturated heterocycles. The van der Waals surface area contributed by atoms with Crippen LogP contribution < -0.4 is 5.32 Å². The summed E-state index contributed by atoms with van der Waals surface area (Å²) in [6, 6.07) is 4.72. The summed E-state index contributed by atoms with van der Waals surface area (Å²) in [4.78, 5) is 14.4. The lowest BCUT2D eigenvalue weighted by atomic mass is 9.71. The number of fused-ring (bicyclic) bond motifs is 1. The Morgan fingerprint density at radius 2 is 2.33 bits per heavy atom. The van der Waals surface area contributed by atoms with Gasteiger partial charge in [-0.25, -0.2) is 4.39 Å². The highest BCUT2D eigenvalue weighted by Crippen LogP contribution is 2.44. The van der Waals surface area contributed by atoms with Gasteiger partial charge >= 0.3 is 0 Å². The number of rotatable bonds is 3. The van der Waals surface area contributed by atoms with E-state index in [2.05, 4.69) is 27.8 Å². The van der Waals surface area contributed by atoms with Gasteiger partial charge in [-0.3, -0.25) is 4.79 Å². The van der Waals surface area contributed by atoms with Gasteiger partial charge in [0, 0.05) is 24.2 Å². The summed E-state index contributed by atoms with van der Waals surface area (Å²) in [6.45, 7) is 4.45. The van der Waals surface area contributed by atoms with Gasteiger partial charge in [0.25, 0.3) is 0 Å². The molecule has 2 fully saturated rings. The first kappa shape index (κ1) is 17.4. The third-order valence-corrected chi connectivity index (χ3v) is 5.30. The number of halogens is 2. The highest BCUT2D eigenvalue weighted by atomic mass is 79.9. The molecule has 130 valence electrons. The Labute approximate surface area is 148 Å². The highest BCUT2D eigenvalue weighted by Gasteiger charge is 2.54. The van der Waals surface area contributed by atoms with E-state index < -0.39 is 11.5 Å². The molecule has 0 radical (unpaired) electrons. The number of benzene rings is 1. The number of methoxy groups -OCH3 is 1. The van der Waals surface area contributed by atoms with E-state index in [1.165, 1.54) is 11.0 Å². The molecule has 1 amide bonds. The molecule has 3 atom stereocenters. The molecule has 0 bridgehead atoms. The first-order valence-electron chi connectivity index (χ1n) is 7.70. The van der Waals surface area contributed by atoms with Crippen molar-refractivity contribution in [2.75, 3.05) is 27.4 Å². The molecule has 0 aliphatic carbocycles. The maximum absolute atomic E-state index is 14.6. The van der Waals surface area contributed by atoms with Crippen molar-refractivity contribution in [3.63, 3.8) is 0 Å². The van der Waals surface area contributed by atoms with Crippen molar-refractivity contribution in [1.29, 1.82) is 0 Å². The molecule has 1 aromatic rings. The Morgan fingerprint density at radius 3 is 3.04 bits per heavy atom. The van der Waals surface area contributed by atoms with Crippen LogP contribution in [0.15, 0.2) is 35.1 Å². The Morgan fingerprint density at radius 1 is 1.58 bits per heavy atom. The third-order valence-electron chi connectivity index (χ3n) is 4.80. The smallest absolute Gasteiger partial charge is 0.233 e. The molecule has 2 aliphatic heterocycles. The van der Waals surface area contributed by atoms with Crippen molar-refractivity contribution in [3.05, 3.63) is 46.5 Å². The van der Waals surface area contributed by atoms with Gasteiger partial charge in [-0.05, 0) is 24.6 Å². The molecular weight excluding hydrogens is 379 g/mol. The van der Waals surface area contributed by atoms with Crippen molar-refractivity contribution in [1.82, 2.24) is 10.2 Å². The number of carbonyl (C=O) groups excluding carboxylic acids is 1. The van der Waals surface area contributed by atoms with Crippen molar-refractivity contribution in [2.45, 2.75) is 18.1 Å². The summed E-state index contributed by atoms with van der Waals surface area (Å²) < 4.78 is 26.4. The second kappa shape index (κ2) is 6.46. The lowest BCUT2D eigenvalue weighted by molar-refractivity contribution is -0.157. The molecule has 0 unspecified atom stereocenters. The SMILES string of the molecule is C=C1N[C@@]2(c3cc(Br)ccc3F)CO[C@@H](COC)C[C@H]2C(=O)N1C. The molecule has 0 spiro atoms. The average molecular weight is 399 g/mol. The van der Waals surface area contributed by atoms with E-state index in [9.17, 15) is 9.18 Å². The van der Waals surface area contributed by atoms with E-state index in [-0.39, 0.29) is 24.4 Å². The maximum atomic E-state index is 14.6. The van der Waals surface area contributed by atoms with Gasteiger partial charge < -0.3 is 19.7 Å². The van der Waals surface area contributed by atoms with Crippen LogP contribution >= 0.6 is 15.9 Å². The summed E-state index contributed by atoms with van der Waals surface area (Å²) in [5, 5.41) is 3.24. The third kappa shape index (κ3) is 2.74. The molecule has 7 heteroatoms. The van der Waals surface area contributed by atoms with Gasteiger partial charge in [-0.1, -0.05) is 22.5 Å². The predicted octanol–water partition coefficient (Wildman–Crippen LogP) is 2.37. The fourth-order valence-corrected chi connectivity index (χ4v) is 3.86. The summed E-state index contributed by atoms with van der Waals surface area (Å²) in [5.41, 5.74) is -0.570. The summed E-state index contributed by atoms with van der Waals surface area (Å²) in [5.74, 6) is -0.507. The molecule has 2 heterocycles. The van der Waals surface area contributed by atoms with E-state index in [0.29, 0.717) is 24.4 Å². The highest BCUT2D eigenvalue weighted by molar-refractivity contribution is 9.10. The minimum atomic E-state index is -0.973. The molecule has 0 saturated carbocycles. The predicted molar refractivity (Wildman–Crippen MR) is 90.5 cm³/mol. The second-order valence-corrected chi connectivity index (χ2v) is 7.16. The molecule has 2 aliphatic rings. The summed E-state index contributed by atoms with van der Waals surface area (Å²) >= 11 is 3.38. The lowest BCUT2D eigenvalue weighted by Crippen LogP contribution is -2.66. The molecular formula is C17H20BrFN2O3. The quantitative estimate of drug-likeness (QED) is 0.848. The molecule has 0 aromatic heterocycles. The Hall–Kier alpha value is -1.44. The minimum absolute atomic E-state index is 0.0949. The van der Waals surface area contributed by atoms with Crippen LogP contribution in [-0.4, -0.2) is 44.3 Å². The van der Waals surface area contributed by atoms with E-state index in [1.807, 2.05) is 0 Å². The van der Waals surface area contributed by atoms with Crippen LogP contribution in [0, 0.1) is 11.7 Å². The van der Waals surface area contributed by atoms with Gasteiger partial charge in [0.05, 0.1) is 25.2 Å². The fourth-order valence-electron chi connectivity index (χ4n) is 3.50. The van der Waals surface area contributed by atoms with Crippen molar-refractivity contribution in [3.8, 4) is 0 Å². The first-order valence-corrected chi connectivity index (χ1v) is 8.49. The van der Waals surface area contributed by atoms with E-state index in [0.717, 1.165) is 4.47 Å². The van der Waals surface area contributed by atoms with Crippen molar-refractivity contribution < 1.29 is 18.7 Å². The van der Waals surface area contributed by atoms with E-state index in [1.54, 1.807) is 26.3 Å². The average Bonchev–Trinajstić information content (AvgIpc) is 2.56. The zero-order valence-corrected chi connectivity index (χ0v) is 15.2. The minimum Gasteiger partial charge on any atom is -0.382 e. The number of ether oxygens (including phenoxy) is 2. The van der Waals surface area contributed by atoms with Gasteiger partial charge in [0.2, 0.25) is 5.91 Å². The van der Waals surface area contributed by atoms with Crippen LogP contribution in [0.3, 0.4) is 0 Å². The Balaban J connectivity index is 2.08. The molecule has 24 heavy (non-hydrogen) atoms. The lowest BCUT2D eigenvalue weighted by Gasteiger charge is -2.52. The number of hydrogen-bond acceptors (Lipinski definition) is 4. The Bertz CT molecular complexity index is 684. The molecule has 1 N–H and O–H groups in total. The van der Waals surface area contributed by atoms with Crippen LogP contribution in [0.2, 0.25) is 0 Å². The van der Waals surface area contributed by atoms with E-state index in [4.69, 9.17) is 9.47 Å².